The average Bonchev–Trinajstić information content (AvgIpc) is 3.70. The van der Waals surface area contributed by atoms with Crippen LogP contribution in [0.2, 0.25) is 0 Å². The van der Waals surface area contributed by atoms with Crippen molar-refractivity contribution in [1.29, 1.82) is 0 Å². The van der Waals surface area contributed by atoms with Crippen LogP contribution in [0.25, 0.3) is 11.0 Å². The molecule has 2 fully saturated rings. The van der Waals surface area contributed by atoms with Gasteiger partial charge in [0.1, 0.15) is 17.9 Å². The molecule has 2 aliphatic rings. The maximum absolute atomic E-state index is 13.2. The lowest BCUT2D eigenvalue weighted by atomic mass is 9.66. The Morgan fingerprint density at radius 2 is 1.92 bits per heavy atom. The van der Waals surface area contributed by atoms with E-state index >= 15 is 0 Å². The predicted molar refractivity (Wildman–Crippen MR) is 142 cm³/mol. The Morgan fingerprint density at radius 1 is 1.16 bits per heavy atom. The lowest BCUT2D eigenvalue weighted by Gasteiger charge is -2.45. The molecule has 4 heterocycles. The van der Waals surface area contributed by atoms with E-state index in [-0.39, 0.29) is 11.5 Å². The van der Waals surface area contributed by atoms with Crippen LogP contribution in [-0.4, -0.2) is 63.0 Å². The number of aliphatic hydroxyl groups is 1. The Labute approximate surface area is 222 Å². The summed E-state index contributed by atoms with van der Waals surface area (Å²) in [5, 5.41) is 23.6. The van der Waals surface area contributed by atoms with E-state index in [0.29, 0.717) is 15.3 Å². The Bertz CT molecular complexity index is 1360. The van der Waals surface area contributed by atoms with Gasteiger partial charge in [-0.2, -0.15) is 0 Å². The van der Waals surface area contributed by atoms with E-state index in [4.69, 9.17) is 4.74 Å². The first-order valence-electron chi connectivity index (χ1n) is 12.5. The summed E-state index contributed by atoms with van der Waals surface area (Å²) in [6.07, 6.45) is 4.40. The molecule has 1 aliphatic carbocycles. The van der Waals surface area contributed by atoms with Crippen LogP contribution >= 0.6 is 22.7 Å². The second kappa shape index (κ2) is 9.75. The summed E-state index contributed by atoms with van der Waals surface area (Å²) >= 11 is 2.72. The topological polar surface area (TPSA) is 97.5 Å². The minimum absolute atomic E-state index is 0.156. The van der Waals surface area contributed by atoms with E-state index in [1.807, 2.05) is 33.6 Å². The van der Waals surface area contributed by atoms with Crippen LogP contribution in [0.1, 0.15) is 45.8 Å². The first-order chi connectivity index (χ1) is 18.0. The summed E-state index contributed by atoms with van der Waals surface area (Å²) in [6.45, 7) is 3.78. The number of aryl methyl sites for hydroxylation is 1. The van der Waals surface area contributed by atoms with Crippen LogP contribution in [0.3, 0.4) is 0 Å². The Balaban J connectivity index is 1.01. The number of aromatic nitrogens is 3. The highest BCUT2D eigenvalue weighted by molar-refractivity contribution is 7.12. The van der Waals surface area contributed by atoms with Gasteiger partial charge < -0.3 is 14.7 Å². The number of fused-ring (bicyclic) bond motifs is 1. The lowest BCUT2D eigenvalue weighted by molar-refractivity contribution is -0.178. The molecule has 1 N–H and O–H groups in total. The van der Waals surface area contributed by atoms with Gasteiger partial charge in [0.2, 0.25) is 5.60 Å². The highest BCUT2D eigenvalue weighted by Gasteiger charge is 2.52. The molecule has 0 unspecified atom stereocenters. The molecule has 1 aliphatic heterocycles. The highest BCUT2D eigenvalue weighted by Crippen LogP contribution is 2.50. The monoisotopic (exact) mass is 536 g/mol. The van der Waals surface area contributed by atoms with Gasteiger partial charge in [0.25, 0.3) is 0 Å². The van der Waals surface area contributed by atoms with E-state index in [2.05, 4.69) is 15.2 Å². The molecule has 8 nitrogen and oxygen atoms in total. The molecule has 10 heteroatoms. The van der Waals surface area contributed by atoms with Crippen LogP contribution in [0.5, 0.6) is 0 Å². The van der Waals surface area contributed by atoms with Crippen LogP contribution in [0.15, 0.2) is 53.2 Å². The molecule has 1 aromatic carbocycles. The van der Waals surface area contributed by atoms with Crippen LogP contribution in [0, 0.1) is 5.41 Å². The Hall–Kier alpha value is -2.92. The lowest BCUT2D eigenvalue weighted by Crippen LogP contribution is -2.48. The summed E-state index contributed by atoms with van der Waals surface area (Å²) < 4.78 is 7.77. The standard InChI is InChI=1S/C27H28N4O4S2/c32-17-19-6-7-22-21(14-19)28-29-31(22)10-3-9-30-11-8-26(18-30)15-20(16-26)35-25(33)27(34,23-4-1-12-36-23)24-5-2-13-37-24/h1-2,4-7,12-14,17,20,34H,3,8-11,15-16,18H2. The molecule has 0 bridgehead atoms. The zero-order valence-corrected chi connectivity index (χ0v) is 21.9. The van der Waals surface area contributed by atoms with E-state index in [0.717, 1.165) is 69.2 Å². The quantitative estimate of drug-likeness (QED) is 0.254. The van der Waals surface area contributed by atoms with Gasteiger partial charge in [0.05, 0.1) is 15.3 Å². The highest BCUT2D eigenvalue weighted by atomic mass is 32.1. The summed E-state index contributed by atoms with van der Waals surface area (Å²) in [5.74, 6) is -0.576. The molecule has 1 saturated carbocycles. The van der Waals surface area contributed by atoms with Crippen molar-refractivity contribution in [3.05, 3.63) is 68.5 Å². The zero-order valence-electron chi connectivity index (χ0n) is 20.3. The van der Waals surface area contributed by atoms with Crippen molar-refractivity contribution in [1.82, 2.24) is 19.9 Å². The molecular weight excluding hydrogens is 508 g/mol. The van der Waals surface area contributed by atoms with Crippen LogP contribution in [-0.2, 0) is 21.7 Å². The molecule has 0 radical (unpaired) electrons. The smallest absolute Gasteiger partial charge is 0.349 e. The molecule has 4 aromatic rings. The molecule has 6 rings (SSSR count). The number of esters is 1. The Morgan fingerprint density at radius 3 is 2.59 bits per heavy atom. The van der Waals surface area contributed by atoms with Gasteiger partial charge >= 0.3 is 5.97 Å². The molecule has 1 saturated heterocycles. The second-order valence-corrected chi connectivity index (χ2v) is 12.1. The van der Waals surface area contributed by atoms with E-state index in [9.17, 15) is 14.7 Å². The largest absolute Gasteiger partial charge is 0.460 e. The number of ether oxygens (including phenoxy) is 1. The maximum Gasteiger partial charge on any atom is 0.349 e. The fraction of sp³-hybridized carbons (Fsp3) is 0.407. The van der Waals surface area contributed by atoms with Crippen molar-refractivity contribution in [2.75, 3.05) is 19.6 Å². The number of carbonyl (C=O) groups is 2. The minimum atomic E-state index is -1.74. The third-order valence-electron chi connectivity index (χ3n) is 7.68. The van der Waals surface area contributed by atoms with E-state index in [1.165, 1.54) is 22.7 Å². The van der Waals surface area contributed by atoms with Crippen molar-refractivity contribution < 1.29 is 19.4 Å². The normalized spacial score (nSPS) is 21.9. The van der Waals surface area contributed by atoms with Gasteiger partial charge in [-0.1, -0.05) is 17.3 Å². The van der Waals surface area contributed by atoms with Crippen molar-refractivity contribution in [3.8, 4) is 0 Å². The zero-order chi connectivity index (χ0) is 25.5. The summed E-state index contributed by atoms with van der Waals surface area (Å²) in [4.78, 5) is 27.9. The predicted octanol–water partition coefficient (Wildman–Crippen LogP) is 4.09. The first-order valence-corrected chi connectivity index (χ1v) is 14.3. The number of benzene rings is 1. The van der Waals surface area contributed by atoms with Gasteiger partial charge in [-0.25, -0.2) is 9.48 Å². The van der Waals surface area contributed by atoms with Gasteiger partial charge in [-0.05, 0) is 85.3 Å². The molecule has 192 valence electrons. The number of hydrogen-bond donors (Lipinski definition) is 1. The average molecular weight is 537 g/mol. The number of carbonyl (C=O) groups excluding carboxylic acids is 2. The third kappa shape index (κ3) is 4.52. The van der Waals surface area contributed by atoms with Gasteiger partial charge in [-0.15, -0.1) is 27.8 Å². The number of rotatable bonds is 9. The molecule has 0 amide bonds. The number of likely N-dealkylation sites (tertiary alicyclic amines) is 1. The minimum Gasteiger partial charge on any atom is -0.460 e. The van der Waals surface area contributed by atoms with Crippen molar-refractivity contribution in [3.63, 3.8) is 0 Å². The van der Waals surface area contributed by atoms with Crippen molar-refractivity contribution in [2.45, 2.75) is 43.9 Å². The second-order valence-electron chi connectivity index (χ2n) is 10.2. The molecule has 1 spiro atoms. The van der Waals surface area contributed by atoms with E-state index in [1.54, 1.807) is 24.3 Å². The van der Waals surface area contributed by atoms with Crippen molar-refractivity contribution in [2.24, 2.45) is 5.41 Å². The molecular formula is C27H28N4O4S2. The van der Waals surface area contributed by atoms with Gasteiger partial charge in [0.15, 0.2) is 0 Å². The van der Waals surface area contributed by atoms with E-state index < -0.39 is 11.6 Å². The summed E-state index contributed by atoms with van der Waals surface area (Å²) in [5.41, 5.74) is 0.740. The number of hydrogen-bond acceptors (Lipinski definition) is 9. The first kappa shape index (κ1) is 24.4. The van der Waals surface area contributed by atoms with Crippen LogP contribution < -0.4 is 0 Å². The van der Waals surface area contributed by atoms with Crippen molar-refractivity contribution >= 4 is 46.0 Å². The molecule has 0 atom stereocenters. The maximum atomic E-state index is 13.2. The van der Waals surface area contributed by atoms with Gasteiger partial charge in [-0.3, -0.25) is 4.79 Å². The van der Waals surface area contributed by atoms with Gasteiger partial charge in [0, 0.05) is 18.7 Å². The fourth-order valence-corrected chi connectivity index (χ4v) is 7.46. The molecule has 3 aromatic heterocycles. The summed E-state index contributed by atoms with van der Waals surface area (Å²) in [7, 11) is 0. The number of thiophene rings is 2. The summed E-state index contributed by atoms with van der Waals surface area (Å²) in [6, 6.07) is 12.7. The third-order valence-corrected chi connectivity index (χ3v) is 9.64. The molecule has 37 heavy (non-hydrogen) atoms. The Kier molecular flexibility index (Phi) is 6.44. The SMILES string of the molecule is O=Cc1ccc2c(c1)nnn2CCCN1CCC2(CC(OC(=O)C(O)(c3cccs3)c3cccs3)C2)C1. The number of aldehydes is 1. The van der Waals surface area contributed by atoms with Crippen LogP contribution in [0.4, 0.5) is 0 Å². The number of nitrogens with zero attached hydrogens (tertiary/aromatic N) is 4. The fourth-order valence-electron chi connectivity index (χ4n) is 5.74.